The van der Waals surface area contributed by atoms with Crippen molar-refractivity contribution >= 4 is 7.82 Å². The Morgan fingerprint density at radius 2 is 1.43 bits per heavy atom. The number of hydrogen-bond acceptors (Lipinski definition) is 4. The van der Waals surface area contributed by atoms with Gasteiger partial charge >= 0.3 is 19.5 Å². The van der Waals surface area contributed by atoms with Crippen molar-refractivity contribution in [3.63, 3.8) is 0 Å². The van der Waals surface area contributed by atoms with Crippen molar-refractivity contribution in [2.75, 3.05) is 0 Å². The van der Waals surface area contributed by atoms with Gasteiger partial charge in [-0.3, -0.25) is 0 Å². The summed E-state index contributed by atoms with van der Waals surface area (Å²) in [5, 5.41) is 0. The van der Waals surface area contributed by atoms with E-state index in [1.807, 2.05) is 0 Å². The van der Waals surface area contributed by atoms with E-state index in [4.69, 9.17) is 19.2 Å². The molecule has 40 valence electrons. The van der Waals surface area contributed by atoms with Gasteiger partial charge in [0.2, 0.25) is 0 Å². The normalized spacial score (nSPS) is 8.43. The fraction of sp³-hybridized carbons (Fsp3) is 0. The Bertz CT molecular complexity index is 57.8. The van der Waals surface area contributed by atoms with Gasteiger partial charge in [0.05, 0.1) is 7.82 Å². The number of phosphoric acid groups is 1. The van der Waals surface area contributed by atoms with Crippen LogP contribution in [0.5, 0.6) is 0 Å². The maximum Gasteiger partial charge on any atom is 2.00 e. The summed E-state index contributed by atoms with van der Waals surface area (Å²) in [6.07, 6.45) is 0. The fourth-order valence-electron chi connectivity index (χ4n) is 0. The van der Waals surface area contributed by atoms with Gasteiger partial charge in [-0.2, -0.15) is 0 Å². The summed E-state index contributed by atoms with van der Waals surface area (Å²) in [4.78, 5) is 24.3. The topological polar surface area (TPSA) is 118 Å². The second-order valence-corrected chi connectivity index (χ2v) is 1.41. The van der Waals surface area contributed by atoms with Crippen LogP contribution in [0.3, 0.4) is 0 Å². The number of hydrogen-bond donors (Lipinski definition) is 2. The summed E-state index contributed by atoms with van der Waals surface area (Å²) >= 11 is 0. The molecule has 5 nitrogen and oxygen atoms in total. The van der Waals surface area contributed by atoms with Crippen LogP contribution in [0.2, 0.25) is 0 Å². The van der Waals surface area contributed by atoms with Crippen molar-refractivity contribution in [3.8, 4) is 0 Å². The van der Waals surface area contributed by atoms with Gasteiger partial charge < -0.3 is 25.4 Å². The molecule has 0 saturated heterocycles. The largest absolute Gasteiger partial charge is 2.00 e. The van der Waals surface area contributed by atoms with Crippen molar-refractivity contribution in [2.24, 2.45) is 0 Å². The predicted molar refractivity (Wildman–Crippen MR) is 14.8 cm³/mol. The van der Waals surface area contributed by atoms with E-state index >= 15 is 0 Å². The van der Waals surface area contributed by atoms with Gasteiger partial charge in [0.25, 0.3) is 0 Å². The minimum absolute atomic E-state index is 0. The fourth-order valence-corrected chi connectivity index (χ4v) is 0. The molecule has 0 saturated carbocycles. The zero-order valence-electron chi connectivity index (χ0n) is 3.53. The molecule has 0 aliphatic heterocycles. The average Bonchev–Trinajstić information content (AvgIpc) is 0.722. The van der Waals surface area contributed by atoms with Gasteiger partial charge in [-0.1, -0.05) is 0 Å². The van der Waals surface area contributed by atoms with Crippen molar-refractivity contribution < 1.29 is 38.7 Å². The average molecular weight is 178 g/mol. The van der Waals surface area contributed by atoms with Crippen molar-refractivity contribution in [2.45, 2.75) is 0 Å². The Morgan fingerprint density at radius 3 is 1.43 bits per heavy atom. The summed E-state index contributed by atoms with van der Waals surface area (Å²) in [5.41, 5.74) is 0. The molecule has 0 unspecified atom stereocenters. The van der Waals surface area contributed by atoms with Crippen molar-refractivity contribution in [3.05, 3.63) is 0 Å². The van der Waals surface area contributed by atoms with Crippen LogP contribution in [0.15, 0.2) is 0 Å². The smallest absolute Gasteiger partial charge is 0.790 e. The van der Waals surface area contributed by atoms with Crippen LogP contribution >= 0.6 is 7.82 Å². The van der Waals surface area contributed by atoms with Crippen molar-refractivity contribution in [1.82, 2.24) is 6.15 Å². The van der Waals surface area contributed by atoms with E-state index in [1.54, 1.807) is 0 Å². The van der Waals surface area contributed by atoms with Gasteiger partial charge in [0, 0.05) is 0 Å². The van der Waals surface area contributed by atoms with Gasteiger partial charge in [0.15, 0.2) is 0 Å². The zero-order chi connectivity index (χ0) is 4.50. The standard InChI is InChI=1S/H3N.H3O4P.Zn/c;1-5(2,3)4;/h1H3;(H3,1,2,3,4);/q;;+2/p-2. The second-order valence-electron chi connectivity index (χ2n) is 0.469. The first kappa shape index (κ1) is 15.6. The van der Waals surface area contributed by atoms with Crippen molar-refractivity contribution in [1.29, 1.82) is 0 Å². The van der Waals surface area contributed by atoms with Crippen LogP contribution in [-0.4, -0.2) is 4.89 Å². The number of rotatable bonds is 0. The summed E-state index contributed by atoms with van der Waals surface area (Å²) in [7, 11) is -5.14. The Kier molecular flexibility index (Phi) is 10.8. The monoisotopic (exact) mass is 177 g/mol. The zero-order valence-corrected chi connectivity index (χ0v) is 7.39. The Hall–Kier alpha value is 0.693. The third-order valence-electron chi connectivity index (χ3n) is 0. The molecule has 0 fully saturated rings. The molecule has 0 radical (unpaired) electrons. The molecule has 0 aliphatic rings. The summed E-state index contributed by atoms with van der Waals surface area (Å²) < 4.78 is 8.66. The molecule has 0 heterocycles. The molecule has 7 heavy (non-hydrogen) atoms. The van der Waals surface area contributed by atoms with Crippen LogP contribution in [-0.2, 0) is 24.0 Å². The van der Waals surface area contributed by atoms with Gasteiger partial charge in [-0.05, 0) is 0 Å². The first-order valence-corrected chi connectivity index (χ1v) is 2.24. The first-order valence-electron chi connectivity index (χ1n) is 0.748. The van der Waals surface area contributed by atoms with E-state index in [1.165, 1.54) is 0 Å². The van der Waals surface area contributed by atoms with E-state index in [-0.39, 0.29) is 25.6 Å². The minimum atomic E-state index is -5.14. The predicted octanol–water partition coefficient (Wildman–Crippen LogP) is -2.03. The Morgan fingerprint density at radius 1 is 1.43 bits per heavy atom. The third kappa shape index (κ3) is 307. The minimum Gasteiger partial charge on any atom is -0.790 e. The molecule has 0 aliphatic carbocycles. The molecule has 0 aromatic heterocycles. The summed E-state index contributed by atoms with van der Waals surface area (Å²) in [6.45, 7) is 0. The SMILES string of the molecule is N.O=P([O-])([O-])O.[Zn+2]. The molecule has 0 amide bonds. The van der Waals surface area contributed by atoms with Crippen LogP contribution in [0.4, 0.5) is 0 Å². The van der Waals surface area contributed by atoms with E-state index in [0.29, 0.717) is 0 Å². The van der Waals surface area contributed by atoms with Crippen LogP contribution < -0.4 is 15.9 Å². The van der Waals surface area contributed by atoms with Crippen LogP contribution in [0.25, 0.3) is 0 Å². The summed E-state index contributed by atoms with van der Waals surface area (Å²) in [6, 6.07) is 0. The maximum absolute atomic E-state index is 8.66. The first-order chi connectivity index (χ1) is 2.00. The molecule has 0 spiro atoms. The molecule has 0 aromatic rings. The molecule has 0 bridgehead atoms. The molecule has 4 N–H and O–H groups in total. The second kappa shape index (κ2) is 4.84. The van der Waals surface area contributed by atoms with Crippen LogP contribution in [0.1, 0.15) is 0 Å². The molecular formula is H4NO4PZn. The molecule has 0 aromatic carbocycles. The summed E-state index contributed by atoms with van der Waals surface area (Å²) in [5.74, 6) is 0. The van der Waals surface area contributed by atoms with Gasteiger partial charge in [0.1, 0.15) is 0 Å². The van der Waals surface area contributed by atoms with Gasteiger partial charge in [-0.15, -0.1) is 0 Å². The molecule has 0 atom stereocenters. The third-order valence-corrected chi connectivity index (χ3v) is 0. The quantitative estimate of drug-likeness (QED) is 0.327. The van der Waals surface area contributed by atoms with Crippen LogP contribution in [0, 0.1) is 0 Å². The maximum atomic E-state index is 8.66. The van der Waals surface area contributed by atoms with E-state index in [9.17, 15) is 0 Å². The molecule has 0 rings (SSSR count). The van der Waals surface area contributed by atoms with E-state index < -0.39 is 7.82 Å². The Balaban J connectivity index is -0.0000000800. The van der Waals surface area contributed by atoms with E-state index in [2.05, 4.69) is 0 Å². The molecular weight excluding hydrogens is 174 g/mol. The molecule has 7 heteroatoms. The van der Waals surface area contributed by atoms with E-state index in [0.717, 1.165) is 0 Å². The van der Waals surface area contributed by atoms with Gasteiger partial charge in [-0.25, -0.2) is 0 Å². The Labute approximate surface area is 53.3 Å².